The fourth-order valence-corrected chi connectivity index (χ4v) is 10.6. The Hall–Kier alpha value is -6.53. The van der Waals surface area contributed by atoms with Gasteiger partial charge in [-0.05, 0) is 93.9 Å². The summed E-state index contributed by atoms with van der Waals surface area (Å²) in [5, 5.41) is 22.3. The van der Waals surface area contributed by atoms with Crippen LogP contribution in [0.5, 0.6) is 23.0 Å². The normalized spacial score (nSPS) is 16.8. The van der Waals surface area contributed by atoms with Crippen LogP contribution in [0.4, 0.5) is 0 Å². The minimum atomic E-state index is -4.47. The number of ether oxygens (including phenoxy) is 3. The molecule has 1 atom stereocenters. The van der Waals surface area contributed by atoms with Gasteiger partial charge >= 0.3 is 0 Å². The lowest BCUT2D eigenvalue weighted by Gasteiger charge is -2.37. The van der Waals surface area contributed by atoms with Crippen LogP contribution in [-0.2, 0) is 52.6 Å². The standard InChI is InChI=1S/C25H28O6.C19H20N2.C10H8O6S2/c1-24(2)9-8-16-20(30-24)7-6-14(23(16)29-5)11-18(26)17-10-15-12-22(28)25(3,4)31-21(15)13-19(17)27;1-20-12-11-19-17(14-20)16-9-5-6-10-18(16)21(19)13-15-7-3-2-4-8-15;11-17(12,13)9-5-1-3-7-8(9)4-2-6-10(7)18(14,15)16/h6-10,13,22,27-28H,11-12H2,1-5H3;2-10H,11-14H2,1H3;1-6H,(H,11,12,13)(H,14,15,16). The van der Waals surface area contributed by atoms with Crippen LogP contribution < -0.4 is 14.2 Å². The molecule has 0 saturated carbocycles. The number of rotatable bonds is 8. The number of benzene rings is 6. The van der Waals surface area contributed by atoms with Crippen molar-refractivity contribution in [2.24, 2.45) is 0 Å². The summed E-state index contributed by atoms with van der Waals surface area (Å²) in [6.07, 6.45) is 4.74. The van der Waals surface area contributed by atoms with Crippen LogP contribution in [0.1, 0.15) is 71.6 Å². The molecular formula is C54H56N2O12S2. The number of Topliss-reactive ketones (excluding diaryl/α,β-unsaturated/α-hetero) is 1. The molecule has 0 radical (unpaired) electrons. The highest BCUT2D eigenvalue weighted by atomic mass is 32.2. The van der Waals surface area contributed by atoms with Gasteiger partial charge in [0.15, 0.2) is 5.78 Å². The molecule has 14 nitrogen and oxygen atoms in total. The van der Waals surface area contributed by atoms with Crippen LogP contribution in [0.3, 0.4) is 0 Å². The Balaban J connectivity index is 0.000000148. The Morgan fingerprint density at radius 1 is 0.786 bits per heavy atom. The van der Waals surface area contributed by atoms with E-state index in [4.69, 9.17) is 23.3 Å². The highest BCUT2D eigenvalue weighted by Gasteiger charge is 2.37. The molecule has 0 aliphatic carbocycles. The zero-order chi connectivity index (χ0) is 50.3. The molecule has 0 amide bonds. The molecule has 4 heterocycles. The number of likely N-dealkylation sites (N-methyl/N-ethyl adjacent to an activating group) is 1. The first-order valence-electron chi connectivity index (χ1n) is 22.7. The predicted molar refractivity (Wildman–Crippen MR) is 268 cm³/mol. The van der Waals surface area contributed by atoms with E-state index in [1.807, 2.05) is 38.1 Å². The molecule has 10 rings (SSSR count). The number of fused-ring (bicyclic) bond motifs is 6. The number of aromatic nitrogens is 1. The maximum Gasteiger partial charge on any atom is 0.295 e. The summed E-state index contributed by atoms with van der Waals surface area (Å²) in [5.41, 5.74) is 7.02. The van der Waals surface area contributed by atoms with Gasteiger partial charge in [0.05, 0.1) is 24.3 Å². The number of phenolic OH excluding ortho intramolecular Hbond substituents is 1. The van der Waals surface area contributed by atoms with Gasteiger partial charge in [-0.2, -0.15) is 16.8 Å². The molecule has 16 heteroatoms. The van der Waals surface area contributed by atoms with Gasteiger partial charge < -0.3 is 33.9 Å². The van der Waals surface area contributed by atoms with Crippen LogP contribution in [0.25, 0.3) is 27.8 Å². The van der Waals surface area contributed by atoms with Crippen LogP contribution in [0.2, 0.25) is 0 Å². The summed E-state index contributed by atoms with van der Waals surface area (Å²) in [6.45, 7) is 10.7. The smallest absolute Gasteiger partial charge is 0.295 e. The summed E-state index contributed by atoms with van der Waals surface area (Å²) >= 11 is 0. The lowest BCUT2D eigenvalue weighted by atomic mass is 9.89. The third-order valence-corrected chi connectivity index (χ3v) is 14.6. The van der Waals surface area contributed by atoms with Crippen LogP contribution in [-0.4, -0.2) is 89.4 Å². The average Bonchev–Trinajstić information content (AvgIpc) is 3.60. The molecule has 4 N–H and O–H groups in total. The summed E-state index contributed by atoms with van der Waals surface area (Å²) in [6, 6.07) is 33.9. The number of para-hydroxylation sites is 1. The van der Waals surface area contributed by atoms with Gasteiger partial charge in [-0.25, -0.2) is 0 Å². The van der Waals surface area contributed by atoms with Gasteiger partial charge in [-0.3, -0.25) is 13.9 Å². The SMILES string of the molecule is CN1CCc2c(c3ccccc3n2Cc2ccccc2)C1.COc1c(CC(=O)c2cc3c(cc2O)OC(C)(C)C(O)C3)ccc2c1C=CC(C)(C)O2.O=S(=O)(O)c1cccc2c(S(=O)(=O)O)cccc12. The lowest BCUT2D eigenvalue weighted by Crippen LogP contribution is -2.46. The first-order valence-corrected chi connectivity index (χ1v) is 25.5. The number of carbonyl (C=O) groups is 1. The van der Waals surface area contributed by atoms with E-state index in [9.17, 15) is 31.8 Å². The highest BCUT2D eigenvalue weighted by molar-refractivity contribution is 7.86. The van der Waals surface area contributed by atoms with Crippen molar-refractivity contribution in [3.63, 3.8) is 0 Å². The zero-order valence-corrected chi connectivity index (χ0v) is 41.3. The first kappa shape index (κ1) is 49.9. The molecule has 0 bridgehead atoms. The Labute approximate surface area is 407 Å². The molecule has 3 aliphatic heterocycles. The third kappa shape index (κ3) is 10.5. The number of nitrogens with zero attached hydrogens (tertiary/aromatic N) is 2. The Bertz CT molecular complexity index is 3330. The van der Waals surface area contributed by atoms with Gasteiger partial charge in [0.1, 0.15) is 44.0 Å². The quantitative estimate of drug-likeness (QED) is 0.0830. The van der Waals surface area contributed by atoms with Crippen molar-refractivity contribution in [1.29, 1.82) is 0 Å². The average molecular weight is 989 g/mol. The van der Waals surface area contributed by atoms with Crippen molar-refractivity contribution < 1.29 is 55.2 Å². The van der Waals surface area contributed by atoms with E-state index in [0.29, 0.717) is 34.8 Å². The van der Waals surface area contributed by atoms with E-state index < -0.39 is 47.3 Å². The zero-order valence-electron chi connectivity index (χ0n) is 39.7. The summed E-state index contributed by atoms with van der Waals surface area (Å²) in [7, 11) is -5.16. The van der Waals surface area contributed by atoms with Gasteiger partial charge in [-0.1, -0.05) is 78.9 Å². The monoisotopic (exact) mass is 988 g/mol. The molecule has 6 aromatic carbocycles. The van der Waals surface area contributed by atoms with Gasteiger partial charge in [0, 0.05) is 77.9 Å². The third-order valence-electron chi connectivity index (χ3n) is 12.8. The predicted octanol–water partition coefficient (Wildman–Crippen LogP) is 9.10. The molecular weight excluding hydrogens is 933 g/mol. The van der Waals surface area contributed by atoms with Crippen molar-refractivity contribution in [2.45, 2.75) is 87.1 Å². The Kier molecular flexibility index (Phi) is 13.8. The van der Waals surface area contributed by atoms with Crippen molar-refractivity contribution in [1.82, 2.24) is 9.47 Å². The molecule has 366 valence electrons. The van der Waals surface area contributed by atoms with Crippen molar-refractivity contribution in [3.8, 4) is 23.0 Å². The minimum absolute atomic E-state index is 0.0233. The maximum absolute atomic E-state index is 13.1. The minimum Gasteiger partial charge on any atom is -0.507 e. The van der Waals surface area contributed by atoms with Crippen LogP contribution in [0, 0.1) is 0 Å². The number of aromatic hydroxyl groups is 1. The summed E-state index contributed by atoms with van der Waals surface area (Å²) < 4.78 is 82.6. The lowest BCUT2D eigenvalue weighted by molar-refractivity contribution is -0.0412. The second-order valence-electron chi connectivity index (χ2n) is 18.8. The van der Waals surface area contributed by atoms with E-state index in [1.54, 1.807) is 27.0 Å². The first-order chi connectivity index (χ1) is 33.0. The summed E-state index contributed by atoms with van der Waals surface area (Å²) in [5.74, 6) is 1.37. The Morgan fingerprint density at radius 2 is 1.41 bits per heavy atom. The summed E-state index contributed by atoms with van der Waals surface area (Å²) in [4.78, 5) is 14.7. The number of hydrogen-bond donors (Lipinski definition) is 4. The number of carbonyl (C=O) groups excluding carboxylic acids is 1. The van der Waals surface area contributed by atoms with Crippen LogP contribution >= 0.6 is 0 Å². The molecule has 3 aliphatic rings. The number of hydrogen-bond acceptors (Lipinski definition) is 11. The molecule has 1 unspecified atom stereocenters. The molecule has 7 aromatic rings. The van der Waals surface area contributed by atoms with E-state index in [1.165, 1.54) is 58.1 Å². The van der Waals surface area contributed by atoms with Crippen LogP contribution in [0.15, 0.2) is 131 Å². The maximum atomic E-state index is 13.1. The number of aliphatic hydroxyl groups is 1. The molecule has 0 saturated heterocycles. The number of methoxy groups -OCH3 is 1. The van der Waals surface area contributed by atoms with Gasteiger partial charge in [0.25, 0.3) is 20.2 Å². The number of aliphatic hydroxyl groups excluding tert-OH is 1. The molecule has 0 spiro atoms. The largest absolute Gasteiger partial charge is 0.507 e. The fourth-order valence-electron chi connectivity index (χ4n) is 9.21. The Morgan fingerprint density at radius 3 is 2.06 bits per heavy atom. The van der Waals surface area contributed by atoms with E-state index in [0.717, 1.165) is 43.8 Å². The van der Waals surface area contributed by atoms with Crippen molar-refractivity contribution in [2.75, 3.05) is 20.7 Å². The second-order valence-corrected chi connectivity index (χ2v) is 21.6. The fraction of sp³-hybridized carbons (Fsp3) is 0.278. The topological polar surface area (TPSA) is 202 Å². The second kappa shape index (κ2) is 19.3. The van der Waals surface area contributed by atoms with E-state index >= 15 is 0 Å². The highest BCUT2D eigenvalue weighted by Crippen LogP contribution is 2.41. The van der Waals surface area contributed by atoms with Crippen molar-refractivity contribution in [3.05, 3.63) is 160 Å². The van der Waals surface area contributed by atoms with E-state index in [-0.39, 0.29) is 34.3 Å². The number of phenols is 1. The molecule has 0 fully saturated rings. The van der Waals surface area contributed by atoms with Gasteiger partial charge in [0.2, 0.25) is 0 Å². The molecule has 70 heavy (non-hydrogen) atoms. The van der Waals surface area contributed by atoms with E-state index in [2.05, 4.69) is 71.1 Å². The van der Waals surface area contributed by atoms with Crippen molar-refractivity contribution >= 4 is 53.8 Å². The molecule has 1 aromatic heterocycles. The number of ketones is 1. The van der Waals surface area contributed by atoms with Gasteiger partial charge in [-0.15, -0.1) is 0 Å².